The van der Waals surface area contributed by atoms with E-state index in [1.807, 2.05) is 24.3 Å². The average molecular weight is 475 g/mol. The van der Waals surface area contributed by atoms with Crippen molar-refractivity contribution in [2.45, 2.75) is 24.2 Å². The van der Waals surface area contributed by atoms with Gasteiger partial charge >= 0.3 is 6.18 Å². The maximum absolute atomic E-state index is 12.8. The smallest absolute Gasteiger partial charge is 0.326 e. The Bertz CT molecular complexity index is 1190. The fraction of sp³-hybridized carbons (Fsp3) is 0.273. The molecule has 4 rings (SSSR count). The number of hydrogen-bond donors (Lipinski definition) is 1. The van der Waals surface area contributed by atoms with Crippen LogP contribution in [0.5, 0.6) is 0 Å². The molecule has 11 heteroatoms. The van der Waals surface area contributed by atoms with Crippen molar-refractivity contribution in [3.8, 4) is 0 Å². The van der Waals surface area contributed by atoms with Gasteiger partial charge in [-0.15, -0.1) is 10.2 Å². The van der Waals surface area contributed by atoms with Gasteiger partial charge < -0.3 is 14.8 Å². The Hall–Kier alpha value is -3.34. The van der Waals surface area contributed by atoms with Crippen LogP contribution < -0.4 is 10.2 Å². The number of alkyl halides is 3. The van der Waals surface area contributed by atoms with Crippen molar-refractivity contribution in [1.29, 1.82) is 0 Å². The summed E-state index contributed by atoms with van der Waals surface area (Å²) in [4.78, 5) is 26.8. The quantitative estimate of drug-likeness (QED) is 0.550. The molecule has 0 saturated carbocycles. The van der Waals surface area contributed by atoms with Gasteiger partial charge in [0.2, 0.25) is 11.8 Å². The lowest BCUT2D eigenvalue weighted by atomic mass is 10.2. The minimum atomic E-state index is -4.50. The molecule has 7 nitrogen and oxygen atoms in total. The van der Waals surface area contributed by atoms with Crippen LogP contribution >= 0.6 is 11.8 Å². The molecule has 0 saturated heterocycles. The van der Waals surface area contributed by atoms with Crippen LogP contribution in [0.1, 0.15) is 17.0 Å². The van der Waals surface area contributed by atoms with E-state index in [4.69, 9.17) is 0 Å². The maximum atomic E-state index is 12.8. The molecule has 3 aromatic rings. The zero-order valence-corrected chi connectivity index (χ0v) is 18.4. The number of rotatable bonds is 6. The zero-order valence-electron chi connectivity index (χ0n) is 17.6. The number of anilines is 2. The highest BCUT2D eigenvalue weighted by Crippen LogP contribution is 2.31. The molecular weight excluding hydrogens is 455 g/mol. The van der Waals surface area contributed by atoms with Gasteiger partial charge in [0.25, 0.3) is 0 Å². The summed E-state index contributed by atoms with van der Waals surface area (Å²) in [7, 11) is 1.67. The predicted molar refractivity (Wildman–Crippen MR) is 118 cm³/mol. The number of para-hydroxylation sites is 1. The lowest BCUT2D eigenvalue weighted by Crippen LogP contribution is -2.30. The second kappa shape index (κ2) is 9.26. The minimum absolute atomic E-state index is 0.0445. The molecule has 1 aliphatic rings. The number of halogens is 3. The van der Waals surface area contributed by atoms with Gasteiger partial charge in [-0.3, -0.25) is 9.59 Å². The van der Waals surface area contributed by atoms with E-state index in [0.717, 1.165) is 29.8 Å². The lowest BCUT2D eigenvalue weighted by Gasteiger charge is -2.16. The molecule has 0 fully saturated rings. The fourth-order valence-corrected chi connectivity index (χ4v) is 4.35. The monoisotopic (exact) mass is 475 g/mol. The van der Waals surface area contributed by atoms with Crippen LogP contribution in [0.15, 0.2) is 53.7 Å². The molecule has 1 aromatic heterocycles. The van der Waals surface area contributed by atoms with E-state index >= 15 is 0 Å². The first-order valence-electron chi connectivity index (χ1n) is 10.1. The summed E-state index contributed by atoms with van der Waals surface area (Å²) in [6.07, 6.45) is -3.85. The Morgan fingerprint density at radius 1 is 1.12 bits per heavy atom. The van der Waals surface area contributed by atoms with E-state index in [0.29, 0.717) is 17.5 Å². The summed E-state index contributed by atoms with van der Waals surface area (Å²) in [5.74, 6) is -0.0691. The molecule has 1 aliphatic heterocycles. The normalized spacial score (nSPS) is 13.2. The topological polar surface area (TPSA) is 80.1 Å². The van der Waals surface area contributed by atoms with Gasteiger partial charge in [-0.05, 0) is 36.2 Å². The van der Waals surface area contributed by atoms with Crippen LogP contribution in [-0.2, 0) is 35.7 Å². The zero-order chi connectivity index (χ0) is 23.6. The molecule has 0 spiro atoms. The summed E-state index contributed by atoms with van der Waals surface area (Å²) in [6.45, 7) is 0.637. The predicted octanol–water partition coefficient (Wildman–Crippen LogP) is 3.70. The Morgan fingerprint density at radius 3 is 2.70 bits per heavy atom. The van der Waals surface area contributed by atoms with Crippen molar-refractivity contribution in [3.05, 3.63) is 65.5 Å². The number of benzene rings is 2. The van der Waals surface area contributed by atoms with Gasteiger partial charge in [0, 0.05) is 25.0 Å². The van der Waals surface area contributed by atoms with Crippen LogP contribution in [0.25, 0.3) is 0 Å². The first-order chi connectivity index (χ1) is 15.7. The number of thioether (sulfide) groups is 1. The molecule has 0 unspecified atom stereocenters. The number of carbonyl (C=O) groups is 2. The highest BCUT2D eigenvalue weighted by molar-refractivity contribution is 7.99. The van der Waals surface area contributed by atoms with E-state index < -0.39 is 17.6 Å². The van der Waals surface area contributed by atoms with Crippen molar-refractivity contribution >= 4 is 35.0 Å². The van der Waals surface area contributed by atoms with Crippen molar-refractivity contribution in [2.24, 2.45) is 7.05 Å². The third-order valence-electron chi connectivity index (χ3n) is 5.23. The van der Waals surface area contributed by atoms with Gasteiger partial charge in [0.1, 0.15) is 5.82 Å². The summed E-state index contributed by atoms with van der Waals surface area (Å²) >= 11 is 1.21. The number of aromatic nitrogens is 3. The molecule has 2 heterocycles. The summed E-state index contributed by atoms with van der Waals surface area (Å²) < 4.78 is 40.1. The highest BCUT2D eigenvalue weighted by Gasteiger charge is 2.30. The van der Waals surface area contributed by atoms with E-state index in [1.165, 1.54) is 23.9 Å². The third kappa shape index (κ3) is 5.19. The summed E-state index contributed by atoms with van der Waals surface area (Å²) in [6, 6.07) is 12.2. The second-order valence-corrected chi connectivity index (χ2v) is 8.42. The molecule has 2 aromatic carbocycles. The van der Waals surface area contributed by atoms with Gasteiger partial charge in [-0.2, -0.15) is 13.2 Å². The van der Waals surface area contributed by atoms with Crippen molar-refractivity contribution in [1.82, 2.24) is 14.8 Å². The van der Waals surface area contributed by atoms with Crippen LogP contribution in [0.4, 0.5) is 24.5 Å². The van der Waals surface area contributed by atoms with Crippen molar-refractivity contribution in [3.63, 3.8) is 0 Å². The Morgan fingerprint density at radius 2 is 1.91 bits per heavy atom. The molecule has 0 aliphatic carbocycles. The lowest BCUT2D eigenvalue weighted by molar-refractivity contribution is -0.137. The molecular formula is C22H20F3N5O2S. The highest BCUT2D eigenvalue weighted by atomic mass is 32.2. The van der Waals surface area contributed by atoms with E-state index in [2.05, 4.69) is 15.5 Å². The SMILES string of the molecule is Cn1c(CC(=O)Nc2cccc(C(F)(F)F)c2)nnc1SCC(=O)N1CCc2ccccc21. The molecule has 0 atom stereocenters. The Kier molecular flexibility index (Phi) is 6.41. The number of amides is 2. The van der Waals surface area contributed by atoms with Crippen molar-refractivity contribution in [2.75, 3.05) is 22.5 Å². The average Bonchev–Trinajstić information content (AvgIpc) is 3.35. The first-order valence-corrected chi connectivity index (χ1v) is 11.1. The number of fused-ring (bicyclic) bond motifs is 1. The first kappa shape index (κ1) is 22.8. The van der Waals surface area contributed by atoms with E-state index in [-0.39, 0.29) is 23.8 Å². The molecule has 33 heavy (non-hydrogen) atoms. The van der Waals surface area contributed by atoms with Crippen LogP contribution in [0.2, 0.25) is 0 Å². The number of nitrogens with zero attached hydrogens (tertiary/aromatic N) is 4. The molecule has 1 N–H and O–H groups in total. The van der Waals surface area contributed by atoms with Crippen LogP contribution in [0.3, 0.4) is 0 Å². The maximum Gasteiger partial charge on any atom is 0.416 e. The van der Waals surface area contributed by atoms with Crippen LogP contribution in [-0.4, -0.2) is 38.9 Å². The standard InChI is InChI=1S/C22H20F3N5O2S/c1-29-18(12-19(31)26-16-7-4-6-15(11-16)22(23,24)25)27-28-21(29)33-13-20(32)30-10-9-14-5-2-3-8-17(14)30/h2-8,11H,9-10,12-13H2,1H3,(H,26,31). The van der Waals surface area contributed by atoms with Gasteiger partial charge in [0.15, 0.2) is 5.16 Å². The third-order valence-corrected chi connectivity index (χ3v) is 6.24. The molecule has 2 amide bonds. The summed E-state index contributed by atoms with van der Waals surface area (Å²) in [5, 5.41) is 11.0. The Labute approximate surface area is 192 Å². The number of nitrogens with one attached hydrogen (secondary N) is 1. The molecule has 0 radical (unpaired) electrons. The van der Waals surface area contributed by atoms with E-state index in [1.54, 1.807) is 16.5 Å². The largest absolute Gasteiger partial charge is 0.416 e. The van der Waals surface area contributed by atoms with Gasteiger partial charge in [0.05, 0.1) is 17.7 Å². The van der Waals surface area contributed by atoms with Gasteiger partial charge in [-0.25, -0.2) is 0 Å². The summed E-state index contributed by atoms with van der Waals surface area (Å²) in [5.41, 5.74) is 1.27. The number of carbonyl (C=O) groups excluding carboxylic acids is 2. The minimum Gasteiger partial charge on any atom is -0.326 e. The fourth-order valence-electron chi connectivity index (χ4n) is 3.55. The van der Waals surface area contributed by atoms with Crippen LogP contribution in [0, 0.1) is 0 Å². The Balaban J connectivity index is 1.34. The number of hydrogen-bond acceptors (Lipinski definition) is 5. The van der Waals surface area contributed by atoms with Gasteiger partial charge in [-0.1, -0.05) is 36.0 Å². The molecule has 172 valence electrons. The van der Waals surface area contributed by atoms with Crippen molar-refractivity contribution < 1.29 is 22.8 Å². The van der Waals surface area contributed by atoms with E-state index in [9.17, 15) is 22.8 Å². The molecule has 0 bridgehead atoms. The second-order valence-electron chi connectivity index (χ2n) is 7.47.